The van der Waals surface area contributed by atoms with Crippen molar-refractivity contribution in [2.24, 2.45) is 0 Å². The predicted molar refractivity (Wildman–Crippen MR) is 103 cm³/mol. The zero-order valence-electron chi connectivity index (χ0n) is 17.0. The normalized spacial score (nSPS) is 27.0. The van der Waals surface area contributed by atoms with Crippen LogP contribution in [0.2, 0.25) is 0 Å². The Kier molecular flexibility index (Phi) is 7.56. The maximum absolute atomic E-state index is 12.3. The highest BCUT2D eigenvalue weighted by Crippen LogP contribution is 2.19. The Morgan fingerprint density at radius 1 is 0.960 bits per heavy atom. The van der Waals surface area contributed by atoms with Gasteiger partial charge in [-0.25, -0.2) is 4.79 Å². The SMILES string of the molecule is CC(C)N1CCCC(NC2CCCN(C(=O)OC(C)(C)C)CC2)CC1. The van der Waals surface area contributed by atoms with Gasteiger partial charge in [-0.1, -0.05) is 0 Å². The molecule has 2 atom stereocenters. The van der Waals surface area contributed by atoms with E-state index in [9.17, 15) is 4.79 Å². The van der Waals surface area contributed by atoms with Crippen LogP contribution >= 0.6 is 0 Å². The summed E-state index contributed by atoms with van der Waals surface area (Å²) in [4.78, 5) is 16.8. The fraction of sp³-hybridized carbons (Fsp3) is 0.950. The summed E-state index contributed by atoms with van der Waals surface area (Å²) in [6.45, 7) is 14.4. The second kappa shape index (κ2) is 9.22. The summed E-state index contributed by atoms with van der Waals surface area (Å²) in [7, 11) is 0. The molecule has 0 saturated carbocycles. The first kappa shape index (κ1) is 20.5. The molecule has 0 radical (unpaired) electrons. The highest BCUT2D eigenvalue weighted by molar-refractivity contribution is 5.68. The van der Waals surface area contributed by atoms with Crippen molar-refractivity contribution < 1.29 is 9.53 Å². The molecule has 2 aliphatic rings. The van der Waals surface area contributed by atoms with Gasteiger partial charge in [0.05, 0.1) is 0 Å². The summed E-state index contributed by atoms with van der Waals surface area (Å²) in [5.41, 5.74) is -0.413. The van der Waals surface area contributed by atoms with Gasteiger partial charge < -0.3 is 19.9 Å². The third-order valence-corrected chi connectivity index (χ3v) is 5.34. The number of ether oxygens (including phenoxy) is 1. The Hall–Kier alpha value is -0.810. The molecule has 2 rings (SSSR count). The maximum atomic E-state index is 12.3. The molecular weight excluding hydrogens is 314 g/mol. The summed E-state index contributed by atoms with van der Waals surface area (Å²) in [5.74, 6) is 0. The second-order valence-electron chi connectivity index (χ2n) is 9.02. The summed E-state index contributed by atoms with van der Waals surface area (Å²) in [6, 6.07) is 1.81. The second-order valence-corrected chi connectivity index (χ2v) is 9.02. The van der Waals surface area contributed by atoms with Gasteiger partial charge in [0.1, 0.15) is 5.60 Å². The lowest BCUT2D eigenvalue weighted by Gasteiger charge is -2.27. The van der Waals surface area contributed by atoms with Gasteiger partial charge in [0, 0.05) is 31.2 Å². The fourth-order valence-electron chi connectivity index (χ4n) is 3.91. The number of hydrogen-bond acceptors (Lipinski definition) is 4. The van der Waals surface area contributed by atoms with Crippen LogP contribution in [0.1, 0.15) is 73.1 Å². The number of hydrogen-bond donors (Lipinski definition) is 1. The zero-order chi connectivity index (χ0) is 18.4. The summed E-state index contributed by atoms with van der Waals surface area (Å²) in [5, 5.41) is 3.90. The average molecular weight is 354 g/mol. The molecule has 0 aromatic carbocycles. The maximum Gasteiger partial charge on any atom is 0.410 e. The van der Waals surface area contributed by atoms with E-state index in [4.69, 9.17) is 4.74 Å². The lowest BCUT2D eigenvalue weighted by Crippen LogP contribution is -2.41. The molecule has 0 bridgehead atoms. The largest absolute Gasteiger partial charge is 0.444 e. The highest BCUT2D eigenvalue weighted by atomic mass is 16.6. The minimum absolute atomic E-state index is 0.157. The van der Waals surface area contributed by atoms with Crippen LogP contribution in [0.4, 0.5) is 4.79 Å². The van der Waals surface area contributed by atoms with E-state index in [2.05, 4.69) is 24.1 Å². The molecule has 0 aliphatic carbocycles. The number of rotatable bonds is 3. The number of likely N-dealkylation sites (tertiary alicyclic amines) is 2. The van der Waals surface area contributed by atoms with Crippen LogP contribution in [0, 0.1) is 0 Å². The van der Waals surface area contributed by atoms with Crippen LogP contribution in [0.25, 0.3) is 0 Å². The lowest BCUT2D eigenvalue weighted by atomic mass is 10.0. The molecule has 2 aliphatic heterocycles. The summed E-state index contributed by atoms with van der Waals surface area (Å²) >= 11 is 0. The van der Waals surface area contributed by atoms with Crippen molar-refractivity contribution in [2.45, 2.75) is 96.9 Å². The van der Waals surface area contributed by atoms with Crippen molar-refractivity contribution in [1.82, 2.24) is 15.1 Å². The van der Waals surface area contributed by atoms with Crippen LogP contribution in [0.15, 0.2) is 0 Å². The summed E-state index contributed by atoms with van der Waals surface area (Å²) in [6.07, 6.45) is 6.89. The monoisotopic (exact) mass is 353 g/mol. The molecule has 5 heteroatoms. The number of amides is 1. The quantitative estimate of drug-likeness (QED) is 0.841. The number of nitrogens with zero attached hydrogens (tertiary/aromatic N) is 2. The van der Waals surface area contributed by atoms with Gasteiger partial charge >= 0.3 is 6.09 Å². The first-order valence-electron chi connectivity index (χ1n) is 10.2. The molecule has 2 heterocycles. The number of carbonyl (C=O) groups excluding carboxylic acids is 1. The van der Waals surface area contributed by atoms with Gasteiger partial charge in [-0.3, -0.25) is 0 Å². The molecule has 0 spiro atoms. The van der Waals surface area contributed by atoms with E-state index in [1.54, 1.807) is 0 Å². The Bertz CT molecular complexity index is 420. The van der Waals surface area contributed by atoms with E-state index in [1.165, 1.54) is 32.4 Å². The van der Waals surface area contributed by atoms with Gasteiger partial charge in [-0.15, -0.1) is 0 Å². The van der Waals surface area contributed by atoms with Crippen molar-refractivity contribution in [3.63, 3.8) is 0 Å². The molecule has 5 nitrogen and oxygen atoms in total. The Morgan fingerprint density at radius 2 is 1.56 bits per heavy atom. The van der Waals surface area contributed by atoms with Crippen LogP contribution in [-0.2, 0) is 4.74 Å². The van der Waals surface area contributed by atoms with Gasteiger partial charge in [0.2, 0.25) is 0 Å². The molecule has 0 aromatic heterocycles. The topological polar surface area (TPSA) is 44.8 Å². The zero-order valence-corrected chi connectivity index (χ0v) is 17.0. The third kappa shape index (κ3) is 7.14. The molecule has 1 N–H and O–H groups in total. The van der Waals surface area contributed by atoms with Crippen molar-refractivity contribution in [3.8, 4) is 0 Å². The predicted octanol–water partition coefficient (Wildman–Crippen LogP) is 3.63. The van der Waals surface area contributed by atoms with Gasteiger partial charge in [0.15, 0.2) is 0 Å². The number of nitrogens with one attached hydrogen (secondary N) is 1. The molecule has 146 valence electrons. The molecule has 2 saturated heterocycles. The van der Waals surface area contributed by atoms with Crippen LogP contribution in [0.5, 0.6) is 0 Å². The van der Waals surface area contributed by atoms with Crippen molar-refractivity contribution >= 4 is 6.09 Å². The standard InChI is InChI=1S/C20H39N3O2/c1-16(2)22-12-6-8-17(10-14-22)21-18-9-7-13-23(15-11-18)19(24)25-20(3,4)5/h16-18,21H,6-15H2,1-5H3. The molecular formula is C20H39N3O2. The van der Waals surface area contributed by atoms with E-state index < -0.39 is 5.60 Å². The van der Waals surface area contributed by atoms with Gasteiger partial charge in [-0.05, 0) is 86.2 Å². The van der Waals surface area contributed by atoms with Crippen molar-refractivity contribution in [2.75, 3.05) is 26.2 Å². The first-order chi connectivity index (χ1) is 11.7. The van der Waals surface area contributed by atoms with Crippen LogP contribution < -0.4 is 5.32 Å². The van der Waals surface area contributed by atoms with E-state index in [-0.39, 0.29) is 6.09 Å². The van der Waals surface area contributed by atoms with E-state index in [0.29, 0.717) is 18.1 Å². The third-order valence-electron chi connectivity index (χ3n) is 5.34. The molecule has 1 amide bonds. The van der Waals surface area contributed by atoms with E-state index in [1.807, 2.05) is 25.7 Å². The van der Waals surface area contributed by atoms with Gasteiger partial charge in [0.25, 0.3) is 0 Å². The minimum atomic E-state index is -0.413. The Labute approximate surface area is 154 Å². The van der Waals surface area contributed by atoms with Crippen molar-refractivity contribution in [1.29, 1.82) is 0 Å². The average Bonchev–Trinajstić information content (AvgIpc) is 2.86. The highest BCUT2D eigenvalue weighted by Gasteiger charge is 2.27. The minimum Gasteiger partial charge on any atom is -0.444 e. The lowest BCUT2D eigenvalue weighted by molar-refractivity contribution is 0.0256. The van der Waals surface area contributed by atoms with Gasteiger partial charge in [-0.2, -0.15) is 0 Å². The molecule has 0 aromatic rings. The van der Waals surface area contributed by atoms with Crippen LogP contribution in [-0.4, -0.2) is 65.8 Å². The van der Waals surface area contributed by atoms with Crippen LogP contribution in [0.3, 0.4) is 0 Å². The fourth-order valence-corrected chi connectivity index (χ4v) is 3.91. The summed E-state index contributed by atoms with van der Waals surface area (Å²) < 4.78 is 5.53. The Balaban J connectivity index is 1.78. The molecule has 25 heavy (non-hydrogen) atoms. The van der Waals surface area contributed by atoms with E-state index >= 15 is 0 Å². The molecule has 2 unspecified atom stereocenters. The van der Waals surface area contributed by atoms with E-state index in [0.717, 1.165) is 32.4 Å². The molecule has 2 fully saturated rings. The number of carbonyl (C=O) groups is 1. The smallest absolute Gasteiger partial charge is 0.410 e. The first-order valence-corrected chi connectivity index (χ1v) is 10.2. The van der Waals surface area contributed by atoms with Crippen molar-refractivity contribution in [3.05, 3.63) is 0 Å². The Morgan fingerprint density at radius 3 is 2.16 bits per heavy atom.